The van der Waals surface area contributed by atoms with Crippen molar-refractivity contribution < 1.29 is 8.78 Å². The summed E-state index contributed by atoms with van der Waals surface area (Å²) in [5.41, 5.74) is 5.30. The van der Waals surface area contributed by atoms with E-state index in [-0.39, 0.29) is 11.6 Å². The molecule has 1 aromatic carbocycles. The van der Waals surface area contributed by atoms with Crippen LogP contribution in [-0.2, 0) is 0 Å². The highest BCUT2D eigenvalue weighted by atomic mass is 19.1. The zero-order valence-corrected chi connectivity index (χ0v) is 12.0. The van der Waals surface area contributed by atoms with E-state index in [1.165, 1.54) is 0 Å². The van der Waals surface area contributed by atoms with Gasteiger partial charge in [-0.05, 0) is 32.3 Å². The summed E-state index contributed by atoms with van der Waals surface area (Å²) in [6.45, 7) is 0.756. The average molecular weight is 295 g/mol. The highest BCUT2D eigenvalue weighted by molar-refractivity contribution is 5.95. The Morgan fingerprint density at radius 2 is 2.14 bits per heavy atom. The Hall–Kier alpha value is -1.99. The van der Waals surface area contributed by atoms with Gasteiger partial charge in [0.2, 0.25) is 5.96 Å². The third-order valence-corrected chi connectivity index (χ3v) is 3.05. The second-order valence-electron chi connectivity index (χ2n) is 5.23. The van der Waals surface area contributed by atoms with E-state index < -0.39 is 17.3 Å². The molecule has 0 aliphatic carbocycles. The summed E-state index contributed by atoms with van der Waals surface area (Å²) in [6.07, 6.45) is 3.99. The number of nitrogens with zero attached hydrogens (tertiary/aromatic N) is 2. The van der Waals surface area contributed by atoms with E-state index >= 15 is 0 Å². The number of aliphatic imine (C=N–C) groups is 1. The Morgan fingerprint density at radius 3 is 2.86 bits per heavy atom. The van der Waals surface area contributed by atoms with Crippen LogP contribution < -0.4 is 16.4 Å². The lowest BCUT2D eigenvalue weighted by molar-refractivity contribution is 0.352. The van der Waals surface area contributed by atoms with E-state index in [1.54, 1.807) is 12.3 Å². The number of hydrogen-bond acceptors (Lipinski definition) is 5. The minimum atomic E-state index is -0.873. The first-order chi connectivity index (χ1) is 9.88. The van der Waals surface area contributed by atoms with E-state index in [0.29, 0.717) is 6.42 Å². The summed E-state index contributed by atoms with van der Waals surface area (Å²) in [5.74, 6) is -0.813. The molecule has 1 heterocycles. The maximum atomic E-state index is 13.6. The Morgan fingerprint density at radius 1 is 1.38 bits per heavy atom. The van der Waals surface area contributed by atoms with Gasteiger partial charge in [0.25, 0.3) is 0 Å². The SMILES string of the molecule is CN(C)CCC1(N)C=CNC(Nc2cc(F)ccc2F)=N1. The molecule has 0 saturated heterocycles. The molecule has 0 bridgehead atoms. The average Bonchev–Trinajstić information content (AvgIpc) is 2.41. The fourth-order valence-electron chi connectivity index (χ4n) is 1.87. The van der Waals surface area contributed by atoms with Crippen molar-refractivity contribution in [1.82, 2.24) is 10.2 Å². The number of halogens is 2. The van der Waals surface area contributed by atoms with Gasteiger partial charge in [-0.3, -0.25) is 0 Å². The van der Waals surface area contributed by atoms with Crippen LogP contribution in [0.15, 0.2) is 35.5 Å². The van der Waals surface area contributed by atoms with Crippen molar-refractivity contribution in [2.75, 3.05) is 26.0 Å². The third kappa shape index (κ3) is 4.24. The Balaban J connectivity index is 2.12. The number of guanidine groups is 1. The van der Waals surface area contributed by atoms with Gasteiger partial charge in [-0.2, -0.15) is 0 Å². The lowest BCUT2D eigenvalue weighted by Gasteiger charge is -2.28. The molecule has 0 amide bonds. The second-order valence-corrected chi connectivity index (χ2v) is 5.23. The number of benzene rings is 1. The van der Waals surface area contributed by atoms with E-state index in [2.05, 4.69) is 15.6 Å². The fourth-order valence-corrected chi connectivity index (χ4v) is 1.87. The topological polar surface area (TPSA) is 65.7 Å². The number of hydrogen-bond donors (Lipinski definition) is 3. The van der Waals surface area contributed by atoms with Crippen LogP contribution in [-0.4, -0.2) is 37.2 Å². The molecule has 0 spiro atoms. The first kappa shape index (κ1) is 15.4. The molecule has 1 aliphatic rings. The molecule has 1 aliphatic heterocycles. The van der Waals surface area contributed by atoms with Crippen LogP contribution in [0.2, 0.25) is 0 Å². The van der Waals surface area contributed by atoms with Crippen molar-refractivity contribution in [2.45, 2.75) is 12.1 Å². The van der Waals surface area contributed by atoms with Gasteiger partial charge >= 0.3 is 0 Å². The van der Waals surface area contributed by atoms with Gasteiger partial charge in [-0.25, -0.2) is 13.8 Å². The molecule has 0 fully saturated rings. The van der Waals surface area contributed by atoms with Crippen molar-refractivity contribution in [3.8, 4) is 0 Å². The molecule has 1 aromatic rings. The number of anilines is 1. The predicted molar refractivity (Wildman–Crippen MR) is 79.8 cm³/mol. The van der Waals surface area contributed by atoms with Gasteiger partial charge in [0.05, 0.1) is 5.69 Å². The number of nitrogens with two attached hydrogens (primary N) is 1. The molecule has 2 rings (SSSR count). The maximum absolute atomic E-state index is 13.6. The van der Waals surface area contributed by atoms with E-state index in [0.717, 1.165) is 24.7 Å². The summed E-state index contributed by atoms with van der Waals surface area (Å²) in [4.78, 5) is 6.32. The van der Waals surface area contributed by atoms with E-state index in [9.17, 15) is 8.78 Å². The largest absolute Gasteiger partial charge is 0.333 e. The molecule has 21 heavy (non-hydrogen) atoms. The highest BCUT2D eigenvalue weighted by Gasteiger charge is 2.24. The van der Waals surface area contributed by atoms with Crippen LogP contribution in [0.5, 0.6) is 0 Å². The van der Waals surface area contributed by atoms with Crippen molar-refractivity contribution in [2.24, 2.45) is 10.7 Å². The quantitative estimate of drug-likeness (QED) is 0.787. The second kappa shape index (κ2) is 6.19. The van der Waals surface area contributed by atoms with Gasteiger partial charge in [0.1, 0.15) is 17.3 Å². The summed E-state index contributed by atoms with van der Waals surface area (Å²) in [7, 11) is 3.89. The Bertz CT molecular complexity index is 570. The van der Waals surface area contributed by atoms with Crippen molar-refractivity contribution in [3.05, 3.63) is 42.1 Å². The van der Waals surface area contributed by atoms with Gasteiger partial charge in [0.15, 0.2) is 0 Å². The molecule has 1 unspecified atom stereocenters. The first-order valence-corrected chi connectivity index (χ1v) is 6.58. The van der Waals surface area contributed by atoms with Crippen LogP contribution in [0.1, 0.15) is 6.42 Å². The Kier molecular flexibility index (Phi) is 4.54. The highest BCUT2D eigenvalue weighted by Crippen LogP contribution is 2.18. The molecule has 1 atom stereocenters. The van der Waals surface area contributed by atoms with Gasteiger partial charge in [-0.1, -0.05) is 0 Å². The summed E-state index contributed by atoms with van der Waals surface area (Å²) < 4.78 is 26.8. The molecule has 5 nitrogen and oxygen atoms in total. The van der Waals surface area contributed by atoms with Crippen LogP contribution in [0, 0.1) is 11.6 Å². The molecule has 0 radical (unpaired) electrons. The molecule has 0 aromatic heterocycles. The molecule has 4 N–H and O–H groups in total. The standard InChI is InChI=1S/C14H19F2N5/c1-21(2)8-6-14(17)5-7-18-13(20-14)19-12-9-10(15)3-4-11(12)16/h3-5,7,9H,6,8,17H2,1-2H3,(H2,18,19,20). The molecular weight excluding hydrogens is 276 g/mol. The van der Waals surface area contributed by atoms with Crippen LogP contribution in [0.3, 0.4) is 0 Å². The van der Waals surface area contributed by atoms with Crippen molar-refractivity contribution >= 4 is 11.6 Å². The van der Waals surface area contributed by atoms with Gasteiger partial charge < -0.3 is 21.3 Å². The summed E-state index contributed by atoms with van der Waals surface area (Å²) >= 11 is 0. The zero-order chi connectivity index (χ0) is 15.5. The molecule has 7 heteroatoms. The minimum absolute atomic E-state index is 0.00603. The van der Waals surface area contributed by atoms with Crippen LogP contribution in [0.4, 0.5) is 14.5 Å². The molecule has 0 saturated carbocycles. The lowest BCUT2D eigenvalue weighted by atomic mass is 10.1. The van der Waals surface area contributed by atoms with E-state index in [1.807, 2.05) is 19.0 Å². The normalized spacial score (nSPS) is 21.1. The monoisotopic (exact) mass is 295 g/mol. The Labute approximate surface area is 122 Å². The maximum Gasteiger partial charge on any atom is 0.202 e. The van der Waals surface area contributed by atoms with Crippen molar-refractivity contribution in [3.63, 3.8) is 0 Å². The first-order valence-electron chi connectivity index (χ1n) is 6.58. The minimum Gasteiger partial charge on any atom is -0.333 e. The van der Waals surface area contributed by atoms with Gasteiger partial charge in [0, 0.05) is 25.2 Å². The van der Waals surface area contributed by atoms with Gasteiger partial charge in [-0.15, -0.1) is 0 Å². The summed E-state index contributed by atoms with van der Waals surface area (Å²) in [5, 5.41) is 5.54. The smallest absolute Gasteiger partial charge is 0.202 e. The van der Waals surface area contributed by atoms with E-state index in [4.69, 9.17) is 5.73 Å². The number of nitrogens with one attached hydrogen (secondary N) is 2. The molecular formula is C14H19F2N5. The van der Waals surface area contributed by atoms with Crippen LogP contribution in [0.25, 0.3) is 0 Å². The van der Waals surface area contributed by atoms with Crippen molar-refractivity contribution in [1.29, 1.82) is 0 Å². The lowest BCUT2D eigenvalue weighted by Crippen LogP contribution is -2.45. The number of rotatable bonds is 4. The third-order valence-electron chi connectivity index (χ3n) is 3.05. The zero-order valence-electron chi connectivity index (χ0n) is 12.0. The molecule has 114 valence electrons. The predicted octanol–water partition coefficient (Wildman–Crippen LogP) is 1.46. The van der Waals surface area contributed by atoms with Crippen LogP contribution >= 0.6 is 0 Å². The fraction of sp³-hybridized carbons (Fsp3) is 0.357. The summed E-state index contributed by atoms with van der Waals surface area (Å²) in [6, 6.07) is 3.18.